The minimum atomic E-state index is -3.85. The number of anilines is 1. The summed E-state index contributed by atoms with van der Waals surface area (Å²) in [7, 11) is 0. The van der Waals surface area contributed by atoms with Crippen molar-refractivity contribution in [3.05, 3.63) is 47.0 Å². The van der Waals surface area contributed by atoms with Crippen LogP contribution in [0.4, 0.5) is 5.82 Å². The van der Waals surface area contributed by atoms with Gasteiger partial charge < -0.3 is 25.2 Å². The van der Waals surface area contributed by atoms with E-state index in [1.54, 1.807) is 24.3 Å². The van der Waals surface area contributed by atoms with Crippen LogP contribution in [0.1, 0.15) is 6.23 Å². The first kappa shape index (κ1) is 20.3. The summed E-state index contributed by atoms with van der Waals surface area (Å²) < 4.78 is 22.5. The molecule has 1 unspecified atom stereocenters. The van der Waals surface area contributed by atoms with E-state index in [0.29, 0.717) is 11.1 Å². The number of nitrogens with zero attached hydrogens (tertiary/aromatic N) is 2. The van der Waals surface area contributed by atoms with Crippen molar-refractivity contribution in [2.75, 3.05) is 12.3 Å². The van der Waals surface area contributed by atoms with Crippen LogP contribution in [0.5, 0.6) is 0 Å². The van der Waals surface area contributed by atoms with Crippen LogP contribution in [-0.4, -0.2) is 44.7 Å². The quantitative estimate of drug-likeness (QED) is 0.603. The van der Waals surface area contributed by atoms with E-state index in [1.165, 1.54) is 6.20 Å². The average Bonchev–Trinajstić information content (AvgIpc) is 2.88. The van der Waals surface area contributed by atoms with E-state index in [0.717, 1.165) is 4.57 Å². The topological polar surface area (TPSA) is 137 Å². The van der Waals surface area contributed by atoms with Gasteiger partial charge in [0.15, 0.2) is 6.23 Å². The van der Waals surface area contributed by atoms with Gasteiger partial charge in [0, 0.05) is 11.8 Å². The van der Waals surface area contributed by atoms with Gasteiger partial charge in [-0.3, -0.25) is 9.13 Å². The summed E-state index contributed by atoms with van der Waals surface area (Å²) in [6, 6.07) is 8.95. The van der Waals surface area contributed by atoms with E-state index in [1.807, 2.05) is 6.07 Å². The summed E-state index contributed by atoms with van der Waals surface area (Å²) >= 11 is 10.6. The standard InChI is InChI=1S/C15H16Cl2N3O6P/c16-27(17,24)25-7-10-11(21)12(22)14(26-10)20-6-9(13(18)19-15(20)23)8-4-2-1-3-5-8/h1-6,10-12,14,21-22H,7H2,(H2,18,19,23)/t10-,11+,12?,14-/m1/s1. The van der Waals surface area contributed by atoms with Gasteiger partial charge in [0.1, 0.15) is 24.1 Å². The fourth-order valence-electron chi connectivity index (χ4n) is 2.76. The molecule has 0 saturated carbocycles. The van der Waals surface area contributed by atoms with Gasteiger partial charge in [-0.1, -0.05) is 30.3 Å². The van der Waals surface area contributed by atoms with E-state index < -0.39 is 42.9 Å². The highest BCUT2D eigenvalue weighted by atomic mass is 35.9. The monoisotopic (exact) mass is 435 g/mol. The Morgan fingerprint density at radius 2 is 1.93 bits per heavy atom. The first-order valence-corrected chi connectivity index (χ1v) is 11.2. The molecule has 0 spiro atoms. The van der Waals surface area contributed by atoms with Crippen LogP contribution in [0.3, 0.4) is 0 Å². The Kier molecular flexibility index (Phi) is 5.93. The predicted molar refractivity (Wildman–Crippen MR) is 99.5 cm³/mol. The molecule has 0 bridgehead atoms. The molecule has 146 valence electrons. The molecular formula is C15H16Cl2N3O6P. The number of aliphatic hydroxyl groups excluding tert-OH is 2. The van der Waals surface area contributed by atoms with Crippen LogP contribution in [-0.2, 0) is 13.8 Å². The van der Waals surface area contributed by atoms with Gasteiger partial charge in [-0.05, 0) is 28.0 Å². The zero-order chi connectivity index (χ0) is 19.8. The molecule has 0 aliphatic carbocycles. The maximum Gasteiger partial charge on any atom is 0.380 e. The highest BCUT2D eigenvalue weighted by molar-refractivity contribution is 8.05. The molecule has 1 aromatic heterocycles. The Morgan fingerprint density at radius 3 is 2.56 bits per heavy atom. The molecule has 1 aromatic carbocycles. The Balaban J connectivity index is 1.92. The second-order valence-corrected chi connectivity index (χ2v) is 10.1. The summed E-state index contributed by atoms with van der Waals surface area (Å²) in [6.07, 6.45) is -7.74. The van der Waals surface area contributed by atoms with Crippen LogP contribution in [0.25, 0.3) is 11.1 Å². The van der Waals surface area contributed by atoms with Crippen LogP contribution in [0, 0.1) is 0 Å². The van der Waals surface area contributed by atoms with Crippen LogP contribution >= 0.6 is 28.6 Å². The molecule has 2 aromatic rings. The molecule has 0 radical (unpaired) electrons. The maximum atomic E-state index is 12.3. The third kappa shape index (κ3) is 4.52. The number of nitrogens with two attached hydrogens (primary N) is 1. The van der Waals surface area contributed by atoms with E-state index in [2.05, 4.69) is 4.98 Å². The maximum absolute atomic E-state index is 12.3. The number of rotatable bonds is 5. The molecule has 12 heteroatoms. The molecule has 27 heavy (non-hydrogen) atoms. The summed E-state index contributed by atoms with van der Waals surface area (Å²) in [6.45, 7) is -0.443. The van der Waals surface area contributed by atoms with Gasteiger partial charge >= 0.3 is 11.8 Å². The first-order valence-electron chi connectivity index (χ1n) is 7.77. The minimum absolute atomic E-state index is 0.0144. The second kappa shape index (κ2) is 7.89. The molecular weight excluding hydrogens is 420 g/mol. The fourth-order valence-corrected chi connectivity index (χ4v) is 3.42. The average molecular weight is 436 g/mol. The lowest BCUT2D eigenvalue weighted by molar-refractivity contribution is -0.0505. The lowest BCUT2D eigenvalue weighted by Crippen LogP contribution is -2.36. The van der Waals surface area contributed by atoms with E-state index >= 15 is 0 Å². The van der Waals surface area contributed by atoms with Crippen LogP contribution in [0.2, 0.25) is 0 Å². The highest BCUT2D eigenvalue weighted by Gasteiger charge is 2.45. The number of hydrogen-bond acceptors (Lipinski definition) is 8. The van der Waals surface area contributed by atoms with Crippen LogP contribution in [0.15, 0.2) is 41.3 Å². The van der Waals surface area contributed by atoms with Gasteiger partial charge in [0.05, 0.1) is 6.61 Å². The highest BCUT2D eigenvalue weighted by Crippen LogP contribution is 2.57. The fraction of sp³-hybridized carbons (Fsp3) is 0.333. The lowest BCUT2D eigenvalue weighted by Gasteiger charge is -2.19. The molecule has 3 rings (SSSR count). The van der Waals surface area contributed by atoms with E-state index in [-0.39, 0.29) is 5.82 Å². The third-order valence-electron chi connectivity index (χ3n) is 4.07. The molecule has 1 saturated heterocycles. The molecule has 4 atom stereocenters. The third-order valence-corrected chi connectivity index (χ3v) is 5.10. The van der Waals surface area contributed by atoms with Crippen molar-refractivity contribution in [2.45, 2.75) is 24.5 Å². The number of nitrogen functional groups attached to an aromatic ring is 1. The minimum Gasteiger partial charge on any atom is -0.387 e. The Morgan fingerprint density at radius 1 is 1.26 bits per heavy atom. The van der Waals surface area contributed by atoms with E-state index in [4.69, 9.17) is 37.5 Å². The summed E-state index contributed by atoms with van der Waals surface area (Å²) in [5.41, 5.74) is 6.23. The van der Waals surface area contributed by atoms with Gasteiger partial charge in [-0.15, -0.1) is 0 Å². The molecule has 1 aliphatic heterocycles. The van der Waals surface area contributed by atoms with Crippen molar-refractivity contribution in [2.24, 2.45) is 0 Å². The smallest absolute Gasteiger partial charge is 0.380 e. The van der Waals surface area contributed by atoms with Gasteiger partial charge in [0.25, 0.3) is 0 Å². The Hall–Kier alpha value is -1.45. The molecule has 1 fully saturated rings. The Labute approximate surface area is 163 Å². The Bertz CT molecular complexity index is 922. The van der Waals surface area contributed by atoms with Crippen molar-refractivity contribution in [3.8, 4) is 11.1 Å². The zero-order valence-corrected chi connectivity index (χ0v) is 16.1. The SMILES string of the molecule is Nc1nc(=O)n([C@@H]2O[C@H](COP(=O)(Cl)Cl)[C@H](O)C2O)cc1-c1ccccc1. The largest absolute Gasteiger partial charge is 0.387 e. The summed E-state index contributed by atoms with van der Waals surface area (Å²) in [4.78, 5) is 16.0. The van der Waals surface area contributed by atoms with Crippen molar-refractivity contribution < 1.29 is 24.0 Å². The van der Waals surface area contributed by atoms with Gasteiger partial charge in [0.2, 0.25) is 0 Å². The predicted octanol–water partition coefficient (Wildman–Crippen LogP) is 1.71. The summed E-state index contributed by atoms with van der Waals surface area (Å²) in [5.74, 6) is 0.0144. The molecule has 1 aliphatic rings. The van der Waals surface area contributed by atoms with Gasteiger partial charge in [-0.2, -0.15) is 4.98 Å². The molecule has 4 N–H and O–H groups in total. The molecule has 2 heterocycles. The van der Waals surface area contributed by atoms with Crippen molar-refractivity contribution >= 4 is 34.4 Å². The normalized spacial score (nSPS) is 25.6. The lowest BCUT2D eigenvalue weighted by atomic mass is 10.1. The number of hydrogen-bond donors (Lipinski definition) is 3. The number of benzene rings is 1. The molecule has 0 amide bonds. The molecule has 9 nitrogen and oxygen atoms in total. The number of aromatic nitrogens is 2. The van der Waals surface area contributed by atoms with Crippen molar-refractivity contribution in [1.29, 1.82) is 0 Å². The number of ether oxygens (including phenoxy) is 1. The van der Waals surface area contributed by atoms with Crippen molar-refractivity contribution in [1.82, 2.24) is 9.55 Å². The van der Waals surface area contributed by atoms with Crippen LogP contribution < -0.4 is 11.4 Å². The zero-order valence-electron chi connectivity index (χ0n) is 13.7. The van der Waals surface area contributed by atoms with Crippen molar-refractivity contribution in [3.63, 3.8) is 0 Å². The van der Waals surface area contributed by atoms with E-state index in [9.17, 15) is 19.6 Å². The number of aliphatic hydroxyl groups is 2. The second-order valence-electron chi connectivity index (χ2n) is 5.85. The number of halogens is 2. The summed E-state index contributed by atoms with van der Waals surface area (Å²) in [5, 5.41) is 20.4. The van der Waals surface area contributed by atoms with Gasteiger partial charge in [-0.25, -0.2) is 4.79 Å². The first-order chi connectivity index (χ1) is 12.7.